The zero-order valence-corrected chi connectivity index (χ0v) is 12.2. The second-order valence-corrected chi connectivity index (χ2v) is 6.12. The molecule has 0 spiro atoms. The number of nitrogens with zero attached hydrogens (tertiary/aromatic N) is 4. The molecule has 0 saturated carbocycles. The predicted molar refractivity (Wildman–Crippen MR) is 71.7 cm³/mol. The summed E-state index contributed by atoms with van der Waals surface area (Å²) in [5.74, 6) is 0.933. The molecular formula is C13H24N4O2. The minimum absolute atomic E-state index is 0.0824. The van der Waals surface area contributed by atoms with Gasteiger partial charge in [0, 0.05) is 19.7 Å². The lowest BCUT2D eigenvalue weighted by Gasteiger charge is -2.25. The second kappa shape index (κ2) is 5.56. The van der Waals surface area contributed by atoms with Gasteiger partial charge in [-0.3, -0.25) is 4.90 Å². The van der Waals surface area contributed by atoms with Crippen molar-refractivity contribution in [3.63, 3.8) is 0 Å². The fourth-order valence-electron chi connectivity index (χ4n) is 2.61. The Hall–Kier alpha value is -0.980. The van der Waals surface area contributed by atoms with Crippen LogP contribution in [0.3, 0.4) is 0 Å². The van der Waals surface area contributed by atoms with Crippen LogP contribution >= 0.6 is 0 Å². The number of aliphatic hydroxyl groups is 1. The van der Waals surface area contributed by atoms with Crippen molar-refractivity contribution < 1.29 is 9.84 Å². The first-order valence-electron chi connectivity index (χ1n) is 6.72. The van der Waals surface area contributed by atoms with Gasteiger partial charge in [0.15, 0.2) is 0 Å². The van der Waals surface area contributed by atoms with E-state index in [0.29, 0.717) is 6.54 Å². The van der Waals surface area contributed by atoms with Gasteiger partial charge in [-0.15, -0.1) is 0 Å². The predicted octanol–water partition coefficient (Wildman–Crippen LogP) is 0.615. The molecule has 1 fully saturated rings. The van der Waals surface area contributed by atoms with Gasteiger partial charge in [-0.1, -0.05) is 0 Å². The van der Waals surface area contributed by atoms with E-state index in [4.69, 9.17) is 4.74 Å². The Labute approximate surface area is 114 Å². The number of hydrogen-bond acceptors (Lipinski definition) is 5. The van der Waals surface area contributed by atoms with Crippen molar-refractivity contribution in [3.05, 3.63) is 12.2 Å². The van der Waals surface area contributed by atoms with Gasteiger partial charge in [0.1, 0.15) is 12.2 Å². The fraction of sp³-hybridized carbons (Fsp3) is 0.846. The summed E-state index contributed by atoms with van der Waals surface area (Å²) in [6.07, 6.45) is 2.66. The normalized spacial score (nSPS) is 25.1. The minimum Gasteiger partial charge on any atom is -0.395 e. The highest BCUT2D eigenvalue weighted by atomic mass is 16.5. The van der Waals surface area contributed by atoms with E-state index < -0.39 is 0 Å². The summed E-state index contributed by atoms with van der Waals surface area (Å²) in [6, 6.07) is 0.148. The maximum atomic E-state index is 9.47. The van der Waals surface area contributed by atoms with E-state index in [0.717, 1.165) is 18.8 Å². The zero-order valence-electron chi connectivity index (χ0n) is 12.2. The van der Waals surface area contributed by atoms with Crippen LogP contribution in [-0.2, 0) is 16.8 Å². The molecule has 19 heavy (non-hydrogen) atoms. The maximum Gasteiger partial charge on any atom is 0.141 e. The van der Waals surface area contributed by atoms with E-state index in [2.05, 4.69) is 35.8 Å². The van der Waals surface area contributed by atoms with Gasteiger partial charge in [0.25, 0.3) is 0 Å². The zero-order chi connectivity index (χ0) is 14.0. The van der Waals surface area contributed by atoms with Crippen molar-refractivity contribution in [1.82, 2.24) is 19.7 Å². The first-order valence-corrected chi connectivity index (χ1v) is 6.72. The molecule has 6 heteroatoms. The van der Waals surface area contributed by atoms with Crippen LogP contribution in [0.5, 0.6) is 0 Å². The molecule has 108 valence electrons. The minimum atomic E-state index is -0.0824. The molecule has 0 bridgehead atoms. The number of aliphatic hydroxyl groups excluding tert-OH is 1. The van der Waals surface area contributed by atoms with Crippen molar-refractivity contribution in [2.45, 2.75) is 51.4 Å². The first-order chi connectivity index (χ1) is 8.95. The first kappa shape index (κ1) is 14.4. The highest BCUT2D eigenvalue weighted by molar-refractivity contribution is 4.94. The molecule has 0 aromatic carbocycles. The second-order valence-electron chi connectivity index (χ2n) is 6.12. The number of ether oxygens (including phenoxy) is 1. The van der Waals surface area contributed by atoms with E-state index in [1.54, 1.807) is 13.4 Å². The third kappa shape index (κ3) is 3.13. The Morgan fingerprint density at radius 1 is 1.47 bits per heavy atom. The standard InChI is InChI=1S/C13H24N4O2/c1-13(2,3)17-12(14-9-15-17)7-16-6-11(19-4)5-10(16)8-18/h9-11,18H,5-8H2,1-4H3/t10-,11+/m0/s1. The average Bonchev–Trinajstić information content (AvgIpc) is 2.95. The number of rotatable bonds is 4. The smallest absolute Gasteiger partial charge is 0.141 e. The van der Waals surface area contributed by atoms with Crippen LogP contribution in [0.4, 0.5) is 0 Å². The topological polar surface area (TPSA) is 63.4 Å². The number of likely N-dealkylation sites (tertiary alicyclic amines) is 1. The molecule has 2 heterocycles. The van der Waals surface area contributed by atoms with Gasteiger partial charge in [-0.2, -0.15) is 5.10 Å². The Kier molecular flexibility index (Phi) is 4.23. The van der Waals surface area contributed by atoms with Crippen molar-refractivity contribution in [2.75, 3.05) is 20.3 Å². The summed E-state index contributed by atoms with van der Waals surface area (Å²) in [7, 11) is 1.72. The fourth-order valence-corrected chi connectivity index (χ4v) is 2.61. The molecule has 1 N–H and O–H groups in total. The number of methoxy groups -OCH3 is 1. The van der Waals surface area contributed by atoms with Crippen LogP contribution in [0.25, 0.3) is 0 Å². The number of aromatic nitrogens is 3. The molecule has 1 saturated heterocycles. The third-order valence-electron chi connectivity index (χ3n) is 3.63. The molecule has 0 unspecified atom stereocenters. The van der Waals surface area contributed by atoms with E-state index in [-0.39, 0.29) is 24.3 Å². The summed E-state index contributed by atoms with van der Waals surface area (Å²) in [5.41, 5.74) is -0.0824. The third-order valence-corrected chi connectivity index (χ3v) is 3.63. The average molecular weight is 268 g/mol. The Balaban J connectivity index is 2.11. The van der Waals surface area contributed by atoms with Crippen molar-refractivity contribution in [2.24, 2.45) is 0 Å². The van der Waals surface area contributed by atoms with Gasteiger partial charge in [-0.05, 0) is 27.2 Å². The van der Waals surface area contributed by atoms with Crippen LogP contribution in [0, 0.1) is 0 Å². The lowest BCUT2D eigenvalue weighted by molar-refractivity contribution is 0.106. The molecule has 2 atom stereocenters. The molecule has 0 radical (unpaired) electrons. The van der Waals surface area contributed by atoms with Gasteiger partial charge < -0.3 is 9.84 Å². The van der Waals surface area contributed by atoms with Crippen LogP contribution in [-0.4, -0.2) is 57.2 Å². The molecule has 2 rings (SSSR count). The highest BCUT2D eigenvalue weighted by Crippen LogP contribution is 2.23. The summed E-state index contributed by atoms with van der Waals surface area (Å²) in [6.45, 7) is 8.01. The van der Waals surface area contributed by atoms with E-state index in [1.807, 2.05) is 4.68 Å². The van der Waals surface area contributed by atoms with Crippen LogP contribution in [0.15, 0.2) is 6.33 Å². The lowest BCUT2D eigenvalue weighted by Crippen LogP contribution is -2.35. The Bertz CT molecular complexity index is 413. The summed E-state index contributed by atoms with van der Waals surface area (Å²) in [5, 5.41) is 13.8. The van der Waals surface area contributed by atoms with Gasteiger partial charge >= 0.3 is 0 Å². The highest BCUT2D eigenvalue weighted by Gasteiger charge is 2.33. The van der Waals surface area contributed by atoms with Gasteiger partial charge in [0.2, 0.25) is 0 Å². The molecule has 6 nitrogen and oxygen atoms in total. The van der Waals surface area contributed by atoms with E-state index in [1.165, 1.54) is 0 Å². The summed E-state index contributed by atoms with van der Waals surface area (Å²) >= 11 is 0. The van der Waals surface area contributed by atoms with Crippen molar-refractivity contribution in [1.29, 1.82) is 0 Å². The molecule has 1 aromatic heterocycles. The Morgan fingerprint density at radius 2 is 2.21 bits per heavy atom. The van der Waals surface area contributed by atoms with Crippen molar-refractivity contribution >= 4 is 0 Å². The lowest BCUT2D eigenvalue weighted by atomic mass is 10.1. The van der Waals surface area contributed by atoms with Crippen LogP contribution in [0.2, 0.25) is 0 Å². The SMILES string of the molecule is CO[C@@H]1C[C@@H](CO)N(Cc2ncnn2C(C)(C)C)C1. The van der Waals surface area contributed by atoms with E-state index in [9.17, 15) is 5.11 Å². The monoisotopic (exact) mass is 268 g/mol. The quantitative estimate of drug-likeness (QED) is 0.867. The van der Waals surface area contributed by atoms with Crippen LogP contribution < -0.4 is 0 Å². The van der Waals surface area contributed by atoms with Crippen LogP contribution in [0.1, 0.15) is 33.0 Å². The number of hydrogen-bond donors (Lipinski definition) is 1. The molecule has 1 aliphatic heterocycles. The molecule has 0 amide bonds. The summed E-state index contributed by atoms with van der Waals surface area (Å²) < 4.78 is 7.34. The van der Waals surface area contributed by atoms with E-state index >= 15 is 0 Å². The van der Waals surface area contributed by atoms with Gasteiger partial charge in [-0.25, -0.2) is 9.67 Å². The maximum absolute atomic E-state index is 9.47. The summed E-state index contributed by atoms with van der Waals surface area (Å²) in [4.78, 5) is 6.58. The van der Waals surface area contributed by atoms with Gasteiger partial charge in [0.05, 0.1) is 24.8 Å². The largest absolute Gasteiger partial charge is 0.395 e. The molecule has 0 aliphatic carbocycles. The Morgan fingerprint density at radius 3 is 2.79 bits per heavy atom. The molecular weight excluding hydrogens is 244 g/mol. The molecule has 1 aliphatic rings. The van der Waals surface area contributed by atoms with Crippen molar-refractivity contribution in [3.8, 4) is 0 Å². The molecule has 1 aromatic rings.